The van der Waals surface area contributed by atoms with E-state index in [1.165, 1.54) is 11.1 Å². The maximum absolute atomic E-state index is 12.8. The topological polar surface area (TPSA) is 32.3 Å². The number of hydrogen-bond donors (Lipinski definition) is 1. The summed E-state index contributed by atoms with van der Waals surface area (Å²) in [5, 5.41) is 3.33. The molecule has 1 amide bonds. The Bertz CT molecular complexity index is 581. The summed E-state index contributed by atoms with van der Waals surface area (Å²) in [7, 11) is 1.94. The third kappa shape index (κ3) is 3.80. The first-order valence-electron chi connectivity index (χ1n) is 8.32. The molecule has 120 valence electrons. The third-order valence-electron chi connectivity index (χ3n) is 4.76. The summed E-state index contributed by atoms with van der Waals surface area (Å²) in [5.41, 5.74) is 2.40. The van der Waals surface area contributed by atoms with Crippen LogP contribution in [0.2, 0.25) is 0 Å². The van der Waals surface area contributed by atoms with Gasteiger partial charge in [-0.2, -0.15) is 0 Å². The number of benzene rings is 2. The predicted octanol–water partition coefficient (Wildman–Crippen LogP) is 3.03. The molecule has 1 N–H and O–H groups in total. The van der Waals surface area contributed by atoms with E-state index in [0.717, 1.165) is 19.5 Å². The summed E-state index contributed by atoms with van der Waals surface area (Å²) in [4.78, 5) is 14.7. The first-order chi connectivity index (χ1) is 11.3. The molecule has 0 bridgehead atoms. The molecule has 1 aliphatic heterocycles. The Morgan fingerprint density at radius 3 is 2.13 bits per heavy atom. The van der Waals surface area contributed by atoms with Gasteiger partial charge in [0.25, 0.3) is 0 Å². The molecule has 3 nitrogen and oxygen atoms in total. The zero-order valence-electron chi connectivity index (χ0n) is 13.6. The second-order valence-electron chi connectivity index (χ2n) is 6.23. The monoisotopic (exact) mass is 308 g/mol. The van der Waals surface area contributed by atoms with Crippen molar-refractivity contribution in [2.75, 3.05) is 20.1 Å². The Labute approximate surface area is 138 Å². The van der Waals surface area contributed by atoms with Gasteiger partial charge in [0.1, 0.15) is 0 Å². The highest BCUT2D eigenvalue weighted by Gasteiger charge is 2.26. The first-order valence-corrected chi connectivity index (χ1v) is 8.32. The smallest absolute Gasteiger partial charge is 0.223 e. The van der Waals surface area contributed by atoms with Crippen molar-refractivity contribution in [3.63, 3.8) is 0 Å². The van der Waals surface area contributed by atoms with Crippen LogP contribution in [0.1, 0.15) is 29.9 Å². The lowest BCUT2D eigenvalue weighted by molar-refractivity contribution is -0.131. The number of rotatable bonds is 5. The number of carbonyl (C=O) groups excluding carboxylic acids is 1. The molecule has 0 aliphatic carbocycles. The van der Waals surface area contributed by atoms with Gasteiger partial charge in [-0.25, -0.2) is 0 Å². The van der Waals surface area contributed by atoms with Gasteiger partial charge in [0.05, 0.1) is 0 Å². The molecule has 1 aliphatic rings. The molecule has 1 saturated heterocycles. The Hall–Kier alpha value is -2.13. The van der Waals surface area contributed by atoms with Crippen LogP contribution >= 0.6 is 0 Å². The summed E-state index contributed by atoms with van der Waals surface area (Å²) in [6.45, 7) is 1.91. The van der Waals surface area contributed by atoms with Crippen LogP contribution in [0.25, 0.3) is 0 Å². The van der Waals surface area contributed by atoms with Gasteiger partial charge in [0.2, 0.25) is 5.91 Å². The van der Waals surface area contributed by atoms with E-state index < -0.39 is 0 Å². The minimum atomic E-state index is 0.113. The molecule has 2 aromatic carbocycles. The van der Waals surface area contributed by atoms with Crippen LogP contribution in [-0.2, 0) is 4.79 Å². The quantitative estimate of drug-likeness (QED) is 0.921. The van der Waals surface area contributed by atoms with Gasteiger partial charge in [-0.3, -0.25) is 4.79 Å². The van der Waals surface area contributed by atoms with Gasteiger partial charge in [-0.15, -0.1) is 0 Å². The number of carbonyl (C=O) groups is 1. The van der Waals surface area contributed by atoms with Crippen molar-refractivity contribution in [3.8, 4) is 0 Å². The zero-order chi connectivity index (χ0) is 16.1. The van der Waals surface area contributed by atoms with Crippen LogP contribution in [0.5, 0.6) is 0 Å². The zero-order valence-corrected chi connectivity index (χ0v) is 13.6. The Morgan fingerprint density at radius 1 is 1.09 bits per heavy atom. The molecule has 0 saturated carbocycles. The summed E-state index contributed by atoms with van der Waals surface area (Å²) < 4.78 is 0. The summed E-state index contributed by atoms with van der Waals surface area (Å²) >= 11 is 0. The van der Waals surface area contributed by atoms with E-state index in [4.69, 9.17) is 0 Å². The van der Waals surface area contributed by atoms with Crippen molar-refractivity contribution in [3.05, 3.63) is 71.8 Å². The number of amides is 1. The highest BCUT2D eigenvalue weighted by atomic mass is 16.2. The fourth-order valence-corrected chi connectivity index (χ4v) is 3.29. The van der Waals surface area contributed by atoms with Crippen LogP contribution < -0.4 is 5.32 Å². The van der Waals surface area contributed by atoms with Crippen LogP contribution in [0, 0.1) is 0 Å². The Balaban J connectivity index is 1.80. The standard InChI is InChI=1S/C20H24N2O/c1-22(18-12-13-21-15-18)20(23)14-19(16-8-4-2-5-9-16)17-10-6-3-7-11-17/h2-11,18-19,21H,12-15H2,1H3/t18-/m1/s1. The lowest BCUT2D eigenvalue weighted by Gasteiger charge is -2.26. The van der Waals surface area contributed by atoms with Crippen molar-refractivity contribution in [2.24, 2.45) is 0 Å². The maximum atomic E-state index is 12.8. The molecule has 1 atom stereocenters. The summed E-state index contributed by atoms with van der Waals surface area (Å²) in [5.74, 6) is 0.332. The van der Waals surface area contributed by atoms with Crippen molar-refractivity contribution < 1.29 is 4.79 Å². The van der Waals surface area contributed by atoms with E-state index in [9.17, 15) is 4.79 Å². The molecular weight excluding hydrogens is 284 g/mol. The van der Waals surface area contributed by atoms with Gasteiger partial charge in [0.15, 0.2) is 0 Å². The molecule has 23 heavy (non-hydrogen) atoms. The summed E-state index contributed by atoms with van der Waals surface area (Å²) in [6.07, 6.45) is 1.56. The molecular formula is C20H24N2O. The van der Waals surface area contributed by atoms with E-state index in [2.05, 4.69) is 29.6 Å². The highest BCUT2D eigenvalue weighted by Crippen LogP contribution is 2.28. The molecule has 0 aromatic heterocycles. The van der Waals surface area contributed by atoms with E-state index in [1.807, 2.05) is 48.3 Å². The van der Waals surface area contributed by atoms with Crippen molar-refractivity contribution >= 4 is 5.91 Å². The van der Waals surface area contributed by atoms with E-state index in [1.54, 1.807) is 0 Å². The minimum absolute atomic E-state index is 0.113. The largest absolute Gasteiger partial charge is 0.341 e. The molecule has 3 heteroatoms. The maximum Gasteiger partial charge on any atom is 0.223 e. The molecule has 3 rings (SSSR count). The number of nitrogens with zero attached hydrogens (tertiary/aromatic N) is 1. The molecule has 0 spiro atoms. The number of likely N-dealkylation sites (N-methyl/N-ethyl adjacent to an activating group) is 1. The molecule has 1 heterocycles. The van der Waals surface area contributed by atoms with Gasteiger partial charge in [-0.1, -0.05) is 60.7 Å². The lowest BCUT2D eigenvalue weighted by atomic mass is 9.88. The number of hydrogen-bond acceptors (Lipinski definition) is 2. The molecule has 1 fully saturated rings. The fraction of sp³-hybridized carbons (Fsp3) is 0.350. The molecule has 0 radical (unpaired) electrons. The normalized spacial score (nSPS) is 17.4. The van der Waals surface area contributed by atoms with Crippen LogP contribution in [0.15, 0.2) is 60.7 Å². The third-order valence-corrected chi connectivity index (χ3v) is 4.76. The highest BCUT2D eigenvalue weighted by molar-refractivity contribution is 5.78. The van der Waals surface area contributed by atoms with E-state index in [0.29, 0.717) is 12.5 Å². The van der Waals surface area contributed by atoms with E-state index >= 15 is 0 Å². The second-order valence-corrected chi connectivity index (χ2v) is 6.23. The van der Waals surface area contributed by atoms with E-state index in [-0.39, 0.29) is 11.8 Å². The minimum Gasteiger partial charge on any atom is -0.341 e. The van der Waals surface area contributed by atoms with Crippen molar-refractivity contribution in [2.45, 2.75) is 24.8 Å². The van der Waals surface area contributed by atoms with Crippen LogP contribution in [-0.4, -0.2) is 37.0 Å². The van der Waals surface area contributed by atoms with Gasteiger partial charge in [-0.05, 0) is 24.1 Å². The van der Waals surface area contributed by atoms with Crippen LogP contribution in [0.3, 0.4) is 0 Å². The molecule has 2 aromatic rings. The van der Waals surface area contributed by atoms with Crippen molar-refractivity contribution in [1.82, 2.24) is 10.2 Å². The average Bonchev–Trinajstić information content (AvgIpc) is 3.15. The first kappa shape index (κ1) is 15.8. The predicted molar refractivity (Wildman–Crippen MR) is 93.4 cm³/mol. The molecule has 0 unspecified atom stereocenters. The van der Waals surface area contributed by atoms with Crippen LogP contribution in [0.4, 0.5) is 0 Å². The van der Waals surface area contributed by atoms with Gasteiger partial charge >= 0.3 is 0 Å². The van der Waals surface area contributed by atoms with Gasteiger partial charge < -0.3 is 10.2 Å². The number of nitrogens with one attached hydrogen (secondary N) is 1. The lowest BCUT2D eigenvalue weighted by Crippen LogP contribution is -2.39. The SMILES string of the molecule is CN(C(=O)CC(c1ccccc1)c1ccccc1)[C@@H]1CCNC1. The fourth-order valence-electron chi connectivity index (χ4n) is 3.29. The summed E-state index contributed by atoms with van der Waals surface area (Å²) in [6, 6.07) is 21.0. The van der Waals surface area contributed by atoms with Crippen molar-refractivity contribution in [1.29, 1.82) is 0 Å². The Morgan fingerprint density at radius 2 is 1.65 bits per heavy atom. The Kier molecular flexibility index (Phi) is 5.09. The van der Waals surface area contributed by atoms with Gasteiger partial charge in [0, 0.05) is 32.0 Å². The second kappa shape index (κ2) is 7.42. The average molecular weight is 308 g/mol.